The van der Waals surface area contributed by atoms with E-state index in [1.54, 1.807) is 19.2 Å². The summed E-state index contributed by atoms with van der Waals surface area (Å²) in [6, 6.07) is 11.1. The minimum Gasteiger partial charge on any atom is -0.493 e. The van der Waals surface area contributed by atoms with Crippen molar-refractivity contribution in [1.29, 1.82) is 0 Å². The first-order valence-corrected chi connectivity index (χ1v) is 9.39. The van der Waals surface area contributed by atoms with Crippen LogP contribution in [0.5, 0.6) is 5.75 Å². The first-order chi connectivity index (χ1) is 12.9. The highest BCUT2D eigenvalue weighted by Crippen LogP contribution is 2.34. The second-order valence-corrected chi connectivity index (χ2v) is 8.06. The predicted octanol–water partition coefficient (Wildman–Crippen LogP) is 3.19. The van der Waals surface area contributed by atoms with Crippen molar-refractivity contribution < 1.29 is 19.1 Å². The van der Waals surface area contributed by atoms with Gasteiger partial charge in [-0.3, -0.25) is 24.7 Å². The Labute approximate surface area is 161 Å². The number of Topliss-reactive ketones (excluding diaryl/α,β-unsaturated/α-hetero) is 1. The molecule has 140 valence electrons. The largest absolute Gasteiger partial charge is 0.493 e. The van der Waals surface area contributed by atoms with E-state index in [9.17, 15) is 14.4 Å². The van der Waals surface area contributed by atoms with Gasteiger partial charge in [-0.05, 0) is 61.9 Å². The third-order valence-corrected chi connectivity index (χ3v) is 5.40. The molecule has 3 rings (SSSR count). The van der Waals surface area contributed by atoms with Crippen LogP contribution < -0.4 is 10.1 Å². The van der Waals surface area contributed by atoms with E-state index >= 15 is 0 Å². The van der Waals surface area contributed by atoms with Crippen molar-refractivity contribution in [2.45, 2.75) is 31.4 Å². The van der Waals surface area contributed by atoms with Gasteiger partial charge in [0, 0.05) is 23.9 Å². The Morgan fingerprint density at radius 3 is 2.48 bits per heavy atom. The van der Waals surface area contributed by atoms with Crippen molar-refractivity contribution in [2.24, 2.45) is 0 Å². The number of amides is 2. The fourth-order valence-corrected chi connectivity index (χ4v) is 3.70. The summed E-state index contributed by atoms with van der Waals surface area (Å²) in [6.07, 6.45) is 2.69. The monoisotopic (exact) mass is 384 g/mol. The third kappa shape index (κ3) is 4.74. The molecule has 2 heterocycles. The summed E-state index contributed by atoms with van der Waals surface area (Å²) in [6.45, 7) is 3.75. The van der Waals surface area contributed by atoms with Crippen molar-refractivity contribution in [3.05, 3.63) is 59.4 Å². The lowest BCUT2D eigenvalue weighted by atomic mass is 9.99. The minimum absolute atomic E-state index is 0.00269. The molecule has 1 aliphatic rings. The zero-order chi connectivity index (χ0) is 19.4. The van der Waals surface area contributed by atoms with Crippen LogP contribution in [0.4, 0.5) is 4.79 Å². The molecule has 0 aliphatic carbocycles. The second-order valence-electron chi connectivity index (χ2n) is 6.59. The molecule has 1 unspecified atom stereocenters. The topological polar surface area (TPSA) is 85.4 Å². The third-order valence-electron chi connectivity index (χ3n) is 4.34. The Morgan fingerprint density at radius 1 is 1.19 bits per heavy atom. The van der Waals surface area contributed by atoms with E-state index in [-0.39, 0.29) is 16.9 Å². The number of imide groups is 1. The van der Waals surface area contributed by atoms with Gasteiger partial charge in [-0.1, -0.05) is 12.1 Å². The van der Waals surface area contributed by atoms with E-state index < -0.39 is 4.75 Å². The second kappa shape index (κ2) is 7.92. The van der Waals surface area contributed by atoms with E-state index in [2.05, 4.69) is 10.3 Å². The summed E-state index contributed by atoms with van der Waals surface area (Å²) < 4.78 is 4.96. The smallest absolute Gasteiger partial charge is 0.286 e. The van der Waals surface area contributed by atoms with Crippen molar-refractivity contribution in [2.75, 3.05) is 6.61 Å². The number of thioether (sulfide) groups is 1. The number of ether oxygens (including phenoxy) is 1. The summed E-state index contributed by atoms with van der Waals surface area (Å²) in [5.41, 5.74) is 2.42. The van der Waals surface area contributed by atoms with E-state index in [1.807, 2.05) is 30.3 Å². The molecule has 1 atom stereocenters. The molecular weight excluding hydrogens is 364 g/mol. The number of carbonyl (C=O) groups is 3. The molecule has 1 aromatic carbocycles. The van der Waals surface area contributed by atoms with Crippen LogP contribution in [0.15, 0.2) is 42.6 Å². The number of benzene rings is 1. The average molecular weight is 384 g/mol. The van der Waals surface area contributed by atoms with Gasteiger partial charge in [-0.25, -0.2) is 0 Å². The molecule has 1 aliphatic heterocycles. The lowest BCUT2D eigenvalue weighted by Crippen LogP contribution is -2.35. The number of rotatable bonds is 7. The molecule has 27 heavy (non-hydrogen) atoms. The number of hydrogen-bond acceptors (Lipinski definition) is 6. The standard InChI is InChI=1S/C20H20N2O4S/c1-13(23)15-5-6-16(21-12-15)9-10-26-17-7-3-14(4-8-17)11-20(2)18(24)22-19(25)27-20/h3-8,12H,9-11H2,1-2H3,(H,22,24,25). The highest BCUT2D eigenvalue weighted by atomic mass is 32.2. The molecule has 1 N–H and O–H groups in total. The average Bonchev–Trinajstić information content (AvgIpc) is 2.88. The number of pyridine rings is 1. The van der Waals surface area contributed by atoms with Crippen LogP contribution in [0.1, 0.15) is 35.5 Å². The number of hydrogen-bond donors (Lipinski definition) is 1. The molecule has 1 aromatic heterocycles. The van der Waals surface area contributed by atoms with Crippen LogP contribution >= 0.6 is 11.8 Å². The fraction of sp³-hybridized carbons (Fsp3) is 0.300. The molecule has 7 heteroatoms. The number of carbonyl (C=O) groups excluding carboxylic acids is 3. The summed E-state index contributed by atoms with van der Waals surface area (Å²) in [4.78, 5) is 38.8. The fourth-order valence-electron chi connectivity index (χ4n) is 2.76. The van der Waals surface area contributed by atoms with E-state index in [1.165, 1.54) is 6.92 Å². The molecular formula is C20H20N2O4S. The van der Waals surface area contributed by atoms with Gasteiger partial charge in [0.25, 0.3) is 5.24 Å². The van der Waals surface area contributed by atoms with Gasteiger partial charge in [0.2, 0.25) is 5.91 Å². The minimum atomic E-state index is -0.767. The first kappa shape index (κ1) is 19.1. The Morgan fingerprint density at radius 2 is 1.93 bits per heavy atom. The van der Waals surface area contributed by atoms with Gasteiger partial charge in [0.1, 0.15) is 10.5 Å². The highest BCUT2D eigenvalue weighted by molar-refractivity contribution is 8.16. The number of nitrogens with one attached hydrogen (secondary N) is 1. The zero-order valence-electron chi connectivity index (χ0n) is 15.2. The highest BCUT2D eigenvalue weighted by Gasteiger charge is 2.43. The van der Waals surface area contributed by atoms with Crippen LogP contribution in [-0.4, -0.2) is 33.3 Å². The van der Waals surface area contributed by atoms with Gasteiger partial charge in [0.05, 0.1) is 6.61 Å². The molecule has 0 saturated carbocycles. The van der Waals surface area contributed by atoms with Crippen molar-refractivity contribution in [3.8, 4) is 5.75 Å². The van der Waals surface area contributed by atoms with Gasteiger partial charge < -0.3 is 4.74 Å². The van der Waals surface area contributed by atoms with E-state index in [4.69, 9.17) is 4.74 Å². The molecule has 2 amide bonds. The predicted molar refractivity (Wildman–Crippen MR) is 103 cm³/mol. The number of nitrogens with zero attached hydrogens (tertiary/aromatic N) is 1. The van der Waals surface area contributed by atoms with Gasteiger partial charge >= 0.3 is 0 Å². The molecule has 6 nitrogen and oxygen atoms in total. The number of ketones is 1. The van der Waals surface area contributed by atoms with Gasteiger partial charge in [-0.15, -0.1) is 0 Å². The Kier molecular flexibility index (Phi) is 5.60. The lowest BCUT2D eigenvalue weighted by molar-refractivity contribution is -0.121. The first-order valence-electron chi connectivity index (χ1n) is 8.58. The van der Waals surface area contributed by atoms with Crippen LogP contribution in [0.2, 0.25) is 0 Å². The maximum absolute atomic E-state index is 11.9. The zero-order valence-corrected chi connectivity index (χ0v) is 16.0. The van der Waals surface area contributed by atoms with Crippen molar-refractivity contribution in [1.82, 2.24) is 10.3 Å². The normalized spacial score (nSPS) is 19.0. The van der Waals surface area contributed by atoms with Crippen molar-refractivity contribution >= 4 is 28.7 Å². The maximum Gasteiger partial charge on any atom is 0.286 e. The van der Waals surface area contributed by atoms with Crippen LogP contribution in [-0.2, 0) is 17.6 Å². The quantitative estimate of drug-likeness (QED) is 0.738. The van der Waals surface area contributed by atoms with Crippen molar-refractivity contribution in [3.63, 3.8) is 0 Å². The van der Waals surface area contributed by atoms with Crippen LogP contribution in [0.3, 0.4) is 0 Å². The molecule has 2 aromatic rings. The maximum atomic E-state index is 11.9. The van der Waals surface area contributed by atoms with E-state index in [0.29, 0.717) is 25.0 Å². The summed E-state index contributed by atoms with van der Waals surface area (Å²) >= 11 is 1.03. The SMILES string of the molecule is CC(=O)c1ccc(CCOc2ccc(CC3(C)SC(=O)NC3=O)cc2)nc1. The van der Waals surface area contributed by atoms with Gasteiger partial charge in [-0.2, -0.15) is 0 Å². The Bertz CT molecular complexity index is 865. The number of aromatic nitrogens is 1. The molecule has 1 saturated heterocycles. The van der Waals surface area contributed by atoms with Crippen LogP contribution in [0.25, 0.3) is 0 Å². The summed E-state index contributed by atoms with van der Waals surface area (Å²) in [7, 11) is 0. The lowest BCUT2D eigenvalue weighted by Gasteiger charge is -2.18. The summed E-state index contributed by atoms with van der Waals surface area (Å²) in [5.74, 6) is 0.474. The Hall–Kier alpha value is -2.67. The van der Waals surface area contributed by atoms with E-state index in [0.717, 1.165) is 28.8 Å². The van der Waals surface area contributed by atoms with Crippen LogP contribution in [0, 0.1) is 0 Å². The molecule has 0 radical (unpaired) electrons. The molecule has 0 spiro atoms. The van der Waals surface area contributed by atoms with Gasteiger partial charge in [0.15, 0.2) is 5.78 Å². The Balaban J connectivity index is 1.51. The molecule has 1 fully saturated rings. The molecule has 0 bridgehead atoms. The summed E-state index contributed by atoms with van der Waals surface area (Å²) in [5, 5.41) is 2.03.